The van der Waals surface area contributed by atoms with Crippen molar-refractivity contribution in [3.05, 3.63) is 47.1 Å². The first-order valence-electron chi connectivity index (χ1n) is 5.48. The second kappa shape index (κ2) is 6.00. The van der Waals surface area contributed by atoms with E-state index in [-0.39, 0.29) is 12.2 Å². The van der Waals surface area contributed by atoms with Crippen molar-refractivity contribution < 1.29 is 13.0 Å². The average molecular weight is 318 g/mol. The number of nitrogens with one attached hydrogen (secondary N) is 1. The van der Waals surface area contributed by atoms with Crippen molar-refractivity contribution in [3.8, 4) is 0 Å². The Bertz CT molecular complexity index is 667. The van der Waals surface area contributed by atoms with Gasteiger partial charge in [0.15, 0.2) is 0 Å². The summed E-state index contributed by atoms with van der Waals surface area (Å²) in [5, 5.41) is 1.57. The Kier molecular flexibility index (Phi) is 4.57. The largest absolute Gasteiger partial charge is 0.356 e. The number of rotatable bonds is 5. The maximum Gasteiger partial charge on any atom is 0.265 e. The topological polar surface area (TPSA) is 70.2 Å². The molecule has 0 saturated carbocycles. The van der Waals surface area contributed by atoms with Crippen LogP contribution in [0.5, 0.6) is 0 Å². The molecule has 1 heterocycles. The molecule has 0 aliphatic carbocycles. The van der Waals surface area contributed by atoms with E-state index in [1.54, 1.807) is 12.3 Å². The Morgan fingerprint density at radius 2 is 2.11 bits per heavy atom. The predicted octanol–water partition coefficient (Wildman–Crippen LogP) is 3.25. The van der Waals surface area contributed by atoms with Crippen molar-refractivity contribution in [2.75, 3.05) is 5.75 Å². The van der Waals surface area contributed by atoms with Gasteiger partial charge in [-0.1, -0.05) is 29.4 Å². The van der Waals surface area contributed by atoms with Crippen molar-refractivity contribution in [1.82, 2.24) is 4.98 Å². The van der Waals surface area contributed by atoms with Crippen LogP contribution in [0.2, 0.25) is 5.02 Å². The van der Waals surface area contributed by atoms with Crippen LogP contribution < -0.4 is 0 Å². The number of benzene rings is 1. The summed E-state index contributed by atoms with van der Waals surface area (Å²) < 4.78 is 30.0. The van der Waals surface area contributed by atoms with Gasteiger partial charge in [-0.15, -0.1) is 0 Å². The fourth-order valence-electron chi connectivity index (χ4n) is 1.52. The van der Waals surface area contributed by atoms with Crippen LogP contribution in [0.1, 0.15) is 5.56 Å². The minimum absolute atomic E-state index is 0.272. The average Bonchev–Trinajstić information content (AvgIpc) is 2.73. The highest BCUT2D eigenvalue weighted by molar-refractivity contribution is 7.99. The Morgan fingerprint density at radius 3 is 2.79 bits per heavy atom. The van der Waals surface area contributed by atoms with E-state index in [0.29, 0.717) is 5.02 Å². The molecule has 19 heavy (non-hydrogen) atoms. The number of hydrogen-bond donors (Lipinski definition) is 2. The van der Waals surface area contributed by atoms with E-state index in [1.807, 2.05) is 24.3 Å². The Hall–Kier alpha value is -0.950. The van der Waals surface area contributed by atoms with Crippen molar-refractivity contribution in [3.63, 3.8) is 0 Å². The van der Waals surface area contributed by atoms with Crippen LogP contribution in [-0.4, -0.2) is 23.7 Å². The molecule has 102 valence electrons. The molecule has 0 atom stereocenters. The van der Waals surface area contributed by atoms with E-state index in [4.69, 9.17) is 16.2 Å². The molecule has 0 amide bonds. The molecule has 0 unspecified atom stereocenters. The standard InChI is InChI=1S/C12H12ClNO3S2/c13-10-2-1-3-11(7-10)18-12-6-9(8-14-12)4-5-19(15,16)17/h1-3,6-8,14H,4-5H2,(H,15,16,17). The summed E-state index contributed by atoms with van der Waals surface area (Å²) in [4.78, 5) is 4.05. The Morgan fingerprint density at radius 1 is 1.32 bits per heavy atom. The van der Waals surface area contributed by atoms with E-state index in [1.165, 1.54) is 11.8 Å². The molecule has 7 heteroatoms. The molecule has 2 N–H and O–H groups in total. The summed E-state index contributed by atoms with van der Waals surface area (Å²) >= 11 is 7.40. The van der Waals surface area contributed by atoms with Crippen LogP contribution in [0.3, 0.4) is 0 Å². The molecule has 0 saturated heterocycles. The molecule has 1 aromatic carbocycles. The molecular formula is C12H12ClNO3S2. The molecule has 0 spiro atoms. The van der Waals surface area contributed by atoms with Gasteiger partial charge < -0.3 is 4.98 Å². The molecule has 0 aliphatic rings. The maximum atomic E-state index is 10.7. The summed E-state index contributed by atoms with van der Waals surface area (Å²) in [5.74, 6) is -0.272. The highest BCUT2D eigenvalue weighted by atomic mass is 35.5. The van der Waals surface area contributed by atoms with E-state index < -0.39 is 10.1 Å². The molecule has 2 rings (SSSR count). The summed E-state index contributed by atoms with van der Waals surface area (Å²) in [6.07, 6.45) is 2.02. The fourth-order valence-corrected chi connectivity index (χ4v) is 3.19. The van der Waals surface area contributed by atoms with Gasteiger partial charge in [-0.25, -0.2) is 0 Å². The zero-order valence-electron chi connectivity index (χ0n) is 9.84. The lowest BCUT2D eigenvalue weighted by molar-refractivity contribution is 0.482. The van der Waals surface area contributed by atoms with E-state index >= 15 is 0 Å². The number of hydrogen-bond acceptors (Lipinski definition) is 3. The van der Waals surface area contributed by atoms with Crippen LogP contribution in [0.15, 0.2) is 46.5 Å². The van der Waals surface area contributed by atoms with Crippen LogP contribution in [0.4, 0.5) is 0 Å². The zero-order valence-corrected chi connectivity index (χ0v) is 12.2. The van der Waals surface area contributed by atoms with Gasteiger partial charge >= 0.3 is 0 Å². The predicted molar refractivity (Wildman–Crippen MR) is 76.5 cm³/mol. The zero-order chi connectivity index (χ0) is 13.9. The smallest absolute Gasteiger partial charge is 0.265 e. The highest BCUT2D eigenvalue weighted by Gasteiger charge is 2.07. The van der Waals surface area contributed by atoms with Gasteiger partial charge in [0.2, 0.25) is 0 Å². The Labute approximate surface area is 120 Å². The molecule has 0 bridgehead atoms. The summed E-state index contributed by atoms with van der Waals surface area (Å²) in [7, 11) is -3.92. The first-order chi connectivity index (χ1) is 8.92. The fraction of sp³-hybridized carbons (Fsp3) is 0.167. The van der Waals surface area contributed by atoms with Gasteiger partial charge in [0, 0.05) is 16.1 Å². The van der Waals surface area contributed by atoms with Gasteiger partial charge in [0.05, 0.1) is 10.8 Å². The van der Waals surface area contributed by atoms with E-state index in [9.17, 15) is 8.42 Å². The molecule has 4 nitrogen and oxygen atoms in total. The lowest BCUT2D eigenvalue weighted by Crippen LogP contribution is -2.05. The quantitative estimate of drug-likeness (QED) is 0.830. The maximum absolute atomic E-state index is 10.7. The molecule has 0 fully saturated rings. The summed E-state index contributed by atoms with van der Waals surface area (Å²) in [6.45, 7) is 0. The third kappa shape index (κ3) is 4.91. The van der Waals surface area contributed by atoms with Crippen molar-refractivity contribution in [2.45, 2.75) is 16.3 Å². The number of halogens is 1. The van der Waals surface area contributed by atoms with Crippen LogP contribution in [-0.2, 0) is 16.5 Å². The first kappa shape index (κ1) is 14.5. The number of aromatic amines is 1. The van der Waals surface area contributed by atoms with Gasteiger partial charge in [-0.2, -0.15) is 8.42 Å². The Balaban J connectivity index is 2.01. The van der Waals surface area contributed by atoms with Crippen LogP contribution >= 0.6 is 23.4 Å². The van der Waals surface area contributed by atoms with Crippen molar-refractivity contribution >= 4 is 33.5 Å². The molecule has 0 aliphatic heterocycles. The third-order valence-electron chi connectivity index (χ3n) is 2.39. The van der Waals surface area contributed by atoms with E-state index in [0.717, 1.165) is 15.5 Å². The number of aryl methyl sites for hydroxylation is 1. The molecular weight excluding hydrogens is 306 g/mol. The van der Waals surface area contributed by atoms with Crippen molar-refractivity contribution in [2.24, 2.45) is 0 Å². The SMILES string of the molecule is O=S(=O)(O)CCc1c[nH]c(Sc2cccc(Cl)c2)c1. The highest BCUT2D eigenvalue weighted by Crippen LogP contribution is 2.28. The van der Waals surface area contributed by atoms with Crippen molar-refractivity contribution in [1.29, 1.82) is 0 Å². The number of aromatic nitrogens is 1. The lowest BCUT2D eigenvalue weighted by Gasteiger charge is -1.98. The minimum Gasteiger partial charge on any atom is -0.356 e. The second-order valence-electron chi connectivity index (χ2n) is 3.97. The molecule has 0 radical (unpaired) electrons. The van der Waals surface area contributed by atoms with Gasteiger partial charge in [-0.3, -0.25) is 4.55 Å². The van der Waals surface area contributed by atoms with Gasteiger partial charge in [-0.05, 0) is 36.2 Å². The molecule has 2 aromatic rings. The second-order valence-corrected chi connectivity index (χ2v) is 7.09. The monoisotopic (exact) mass is 317 g/mol. The van der Waals surface area contributed by atoms with Gasteiger partial charge in [0.25, 0.3) is 10.1 Å². The molecule has 1 aromatic heterocycles. The van der Waals surface area contributed by atoms with E-state index in [2.05, 4.69) is 4.98 Å². The number of H-pyrrole nitrogens is 1. The van der Waals surface area contributed by atoms with Crippen LogP contribution in [0.25, 0.3) is 0 Å². The minimum atomic E-state index is -3.92. The third-order valence-corrected chi connectivity index (χ3v) is 4.29. The summed E-state index contributed by atoms with van der Waals surface area (Å²) in [6, 6.07) is 9.32. The summed E-state index contributed by atoms with van der Waals surface area (Å²) in [5.41, 5.74) is 0.835. The van der Waals surface area contributed by atoms with Gasteiger partial charge in [0.1, 0.15) is 0 Å². The van der Waals surface area contributed by atoms with Crippen LogP contribution in [0, 0.1) is 0 Å². The normalized spacial score (nSPS) is 11.7. The lowest BCUT2D eigenvalue weighted by atomic mass is 10.3. The first-order valence-corrected chi connectivity index (χ1v) is 8.29.